The average Bonchev–Trinajstić information content (AvgIpc) is 3.20. The first-order chi connectivity index (χ1) is 16.3. The highest BCUT2D eigenvalue weighted by atomic mass is 32.2. The van der Waals surface area contributed by atoms with Gasteiger partial charge in [0.2, 0.25) is 5.88 Å². The third kappa shape index (κ3) is 6.83. The second-order valence-electron chi connectivity index (χ2n) is 8.51. The van der Waals surface area contributed by atoms with Crippen LogP contribution in [-0.4, -0.2) is 24.7 Å². The van der Waals surface area contributed by atoms with E-state index in [2.05, 4.69) is 14.5 Å². The van der Waals surface area contributed by atoms with Crippen molar-refractivity contribution in [3.8, 4) is 22.9 Å². The molecular formula is C24H29F3N4O3S. The van der Waals surface area contributed by atoms with Gasteiger partial charge in [-0.2, -0.15) is 26.3 Å². The van der Waals surface area contributed by atoms with Gasteiger partial charge < -0.3 is 4.74 Å². The maximum Gasteiger partial charge on any atom is 0.416 e. The topological polar surface area (TPSA) is 85.2 Å². The first kappa shape index (κ1) is 26.7. The lowest BCUT2D eigenvalue weighted by Crippen LogP contribution is -2.47. The molecule has 0 aliphatic carbocycles. The molecule has 190 valence electrons. The molecule has 1 heterocycles. The highest BCUT2D eigenvalue weighted by Gasteiger charge is 2.30. The first-order valence-electron chi connectivity index (χ1n) is 11.2. The molecule has 0 aliphatic heterocycles. The van der Waals surface area contributed by atoms with Crippen molar-refractivity contribution in [3.05, 3.63) is 65.7 Å². The highest BCUT2D eigenvalue weighted by Crippen LogP contribution is 2.33. The minimum Gasteiger partial charge on any atom is -0.438 e. The van der Waals surface area contributed by atoms with Crippen LogP contribution in [0.2, 0.25) is 0 Å². The van der Waals surface area contributed by atoms with E-state index in [1.165, 1.54) is 12.1 Å². The van der Waals surface area contributed by atoms with E-state index in [4.69, 9.17) is 4.74 Å². The van der Waals surface area contributed by atoms with Gasteiger partial charge >= 0.3 is 6.18 Å². The molecule has 7 nitrogen and oxygen atoms in total. The Kier molecular flexibility index (Phi) is 7.93. The van der Waals surface area contributed by atoms with Crippen LogP contribution in [0.25, 0.3) is 11.3 Å². The van der Waals surface area contributed by atoms with Gasteiger partial charge in [0.05, 0.1) is 16.8 Å². The molecule has 0 unspecified atom stereocenters. The van der Waals surface area contributed by atoms with Crippen LogP contribution in [0.5, 0.6) is 11.6 Å². The van der Waals surface area contributed by atoms with Crippen LogP contribution >= 0.6 is 0 Å². The molecule has 3 rings (SSSR count). The summed E-state index contributed by atoms with van der Waals surface area (Å²) in [6.45, 7) is 8.18. The molecule has 2 aromatic carbocycles. The van der Waals surface area contributed by atoms with Crippen molar-refractivity contribution in [1.29, 1.82) is 0 Å². The number of nitrogens with one attached hydrogen (secondary N) is 2. The minimum atomic E-state index is -4.42. The van der Waals surface area contributed by atoms with E-state index < -0.39 is 27.5 Å². The van der Waals surface area contributed by atoms with E-state index in [9.17, 15) is 21.6 Å². The van der Waals surface area contributed by atoms with E-state index in [1.807, 2.05) is 38.1 Å². The van der Waals surface area contributed by atoms with E-state index in [0.29, 0.717) is 19.5 Å². The molecule has 0 spiro atoms. The van der Waals surface area contributed by atoms with Gasteiger partial charge in [-0.25, -0.2) is 4.72 Å². The summed E-state index contributed by atoms with van der Waals surface area (Å²) in [5.41, 5.74) is 0.592. The van der Waals surface area contributed by atoms with Crippen molar-refractivity contribution in [2.24, 2.45) is 0 Å². The molecule has 11 heteroatoms. The third-order valence-electron chi connectivity index (χ3n) is 5.27. The van der Waals surface area contributed by atoms with Gasteiger partial charge in [-0.3, -0.25) is 4.68 Å². The molecule has 2 N–H and O–H groups in total. The Labute approximate surface area is 203 Å². The second kappa shape index (κ2) is 10.4. The molecule has 1 aromatic heterocycles. The fourth-order valence-corrected chi connectivity index (χ4v) is 4.82. The maximum atomic E-state index is 12.8. The number of nitrogens with zero attached hydrogens (tertiary/aromatic N) is 2. The zero-order valence-electron chi connectivity index (χ0n) is 20.0. The molecule has 3 aromatic rings. The normalized spacial score (nSPS) is 12.7. The molecule has 0 saturated heterocycles. The van der Waals surface area contributed by atoms with E-state index in [-0.39, 0.29) is 11.6 Å². The molecule has 0 atom stereocenters. The predicted octanol–water partition coefficient (Wildman–Crippen LogP) is 5.45. The summed E-state index contributed by atoms with van der Waals surface area (Å²) < 4.78 is 75.7. The van der Waals surface area contributed by atoms with Crippen LogP contribution in [-0.2, 0) is 28.5 Å². The first-order valence-corrected chi connectivity index (χ1v) is 12.7. The Bertz CT molecular complexity index is 1250. The summed E-state index contributed by atoms with van der Waals surface area (Å²) in [5, 5.41) is 4.41. The quantitative estimate of drug-likeness (QED) is 0.380. The van der Waals surface area contributed by atoms with E-state index in [0.717, 1.165) is 29.0 Å². The van der Waals surface area contributed by atoms with Crippen molar-refractivity contribution in [3.63, 3.8) is 0 Å². The van der Waals surface area contributed by atoms with Crippen LogP contribution < -0.4 is 14.2 Å². The standard InChI is InChI=1S/C24H29F3N4O3S/c1-5-14-28-35(32,33)30-23(3,4)19-9-7-8-17(15-19)21-16-22(29-31(21)6-2)34-20-12-10-18(11-13-20)24(25,26)27/h7-13,15-16,28,30H,5-6,14H2,1-4H3. The molecule has 0 radical (unpaired) electrons. The number of halogens is 3. The molecule has 0 fully saturated rings. The number of hydrogen-bond donors (Lipinski definition) is 2. The fraction of sp³-hybridized carbons (Fsp3) is 0.375. The Balaban J connectivity index is 1.86. The zero-order chi connectivity index (χ0) is 25.9. The molecule has 0 aliphatic rings. The van der Waals surface area contributed by atoms with Gasteiger partial charge in [0.1, 0.15) is 5.75 Å². The van der Waals surface area contributed by atoms with Crippen LogP contribution in [0.1, 0.15) is 45.2 Å². The highest BCUT2D eigenvalue weighted by molar-refractivity contribution is 7.87. The molecule has 0 amide bonds. The van der Waals surface area contributed by atoms with Crippen molar-refractivity contribution in [2.45, 2.75) is 52.4 Å². The van der Waals surface area contributed by atoms with Gasteiger partial charge in [-0.05, 0) is 63.1 Å². The fourth-order valence-electron chi connectivity index (χ4n) is 3.48. The second-order valence-corrected chi connectivity index (χ2v) is 10.0. The van der Waals surface area contributed by atoms with E-state index >= 15 is 0 Å². The zero-order valence-corrected chi connectivity index (χ0v) is 20.8. The van der Waals surface area contributed by atoms with Crippen molar-refractivity contribution in [1.82, 2.24) is 19.2 Å². The number of alkyl halides is 3. The summed E-state index contributed by atoms with van der Waals surface area (Å²) in [6.07, 6.45) is -3.75. The van der Waals surface area contributed by atoms with Crippen LogP contribution in [0.4, 0.5) is 13.2 Å². The van der Waals surface area contributed by atoms with Crippen LogP contribution in [0.15, 0.2) is 54.6 Å². The predicted molar refractivity (Wildman–Crippen MR) is 128 cm³/mol. The van der Waals surface area contributed by atoms with Gasteiger partial charge in [0.25, 0.3) is 10.2 Å². The number of aryl methyl sites for hydroxylation is 1. The van der Waals surface area contributed by atoms with Gasteiger partial charge in [0.15, 0.2) is 0 Å². The molecule has 35 heavy (non-hydrogen) atoms. The summed E-state index contributed by atoms with van der Waals surface area (Å²) >= 11 is 0. The molecule has 0 saturated carbocycles. The maximum absolute atomic E-state index is 12.8. The Morgan fingerprint density at radius 2 is 1.69 bits per heavy atom. The Morgan fingerprint density at radius 1 is 1.00 bits per heavy atom. The van der Waals surface area contributed by atoms with Gasteiger partial charge in [-0.15, -0.1) is 5.10 Å². The number of ether oxygens (including phenoxy) is 1. The number of benzene rings is 2. The van der Waals surface area contributed by atoms with Crippen LogP contribution in [0, 0.1) is 0 Å². The third-order valence-corrected chi connectivity index (χ3v) is 6.64. The van der Waals surface area contributed by atoms with Gasteiger partial charge in [-0.1, -0.05) is 25.1 Å². The van der Waals surface area contributed by atoms with Crippen molar-refractivity contribution < 1.29 is 26.3 Å². The summed E-state index contributed by atoms with van der Waals surface area (Å²) in [4.78, 5) is 0. The lowest BCUT2D eigenvalue weighted by molar-refractivity contribution is -0.137. The Morgan fingerprint density at radius 3 is 2.29 bits per heavy atom. The van der Waals surface area contributed by atoms with Gasteiger partial charge in [0, 0.05) is 24.7 Å². The van der Waals surface area contributed by atoms with Crippen LogP contribution in [0.3, 0.4) is 0 Å². The lowest BCUT2D eigenvalue weighted by Gasteiger charge is -2.27. The van der Waals surface area contributed by atoms with Crippen molar-refractivity contribution in [2.75, 3.05) is 6.54 Å². The Hall–Kier alpha value is -2.89. The lowest BCUT2D eigenvalue weighted by atomic mass is 9.93. The molecule has 0 bridgehead atoms. The minimum absolute atomic E-state index is 0.231. The largest absolute Gasteiger partial charge is 0.438 e. The summed E-state index contributed by atoms with van der Waals surface area (Å²) in [6, 6.07) is 13.5. The number of hydrogen-bond acceptors (Lipinski definition) is 4. The number of rotatable bonds is 10. The van der Waals surface area contributed by atoms with E-state index in [1.54, 1.807) is 24.6 Å². The SMILES string of the molecule is CCCNS(=O)(=O)NC(C)(C)c1cccc(-c2cc(Oc3ccc(C(F)(F)F)cc3)nn2CC)c1. The van der Waals surface area contributed by atoms with Crippen molar-refractivity contribution >= 4 is 10.2 Å². The molecular weight excluding hydrogens is 481 g/mol. The summed E-state index contributed by atoms with van der Waals surface area (Å²) in [5.74, 6) is 0.463. The number of aromatic nitrogens is 2. The summed E-state index contributed by atoms with van der Waals surface area (Å²) in [7, 11) is -3.69. The average molecular weight is 511 g/mol. The smallest absolute Gasteiger partial charge is 0.416 e. The monoisotopic (exact) mass is 510 g/mol.